The van der Waals surface area contributed by atoms with E-state index in [1.807, 2.05) is 0 Å². The molecule has 1 aliphatic heterocycles. The largest absolute Gasteiger partial charge is 0.452 e. The number of ether oxygens (including phenoxy) is 2. The molecule has 0 radical (unpaired) electrons. The molecule has 3 aromatic rings. The number of hydrogen-bond donors (Lipinski definition) is 0. The number of hydrogen-bond acceptors (Lipinski definition) is 4. The van der Waals surface area contributed by atoms with E-state index in [4.69, 9.17) is 32.7 Å². The van der Waals surface area contributed by atoms with Crippen LogP contribution in [-0.2, 0) is 0 Å². The zero-order valence-corrected chi connectivity index (χ0v) is 17.1. The molecular weight excluding hydrogens is 430 g/mol. The van der Waals surface area contributed by atoms with Crippen LogP contribution in [0.1, 0.15) is 31.8 Å². The van der Waals surface area contributed by atoms with E-state index in [1.54, 1.807) is 25.1 Å². The van der Waals surface area contributed by atoms with Crippen molar-refractivity contribution in [1.29, 1.82) is 0 Å². The third-order valence-corrected chi connectivity index (χ3v) is 5.06. The van der Waals surface area contributed by atoms with Crippen LogP contribution in [-0.4, -0.2) is 11.8 Å². The number of rotatable bonds is 3. The lowest BCUT2D eigenvalue weighted by atomic mass is 10.0. The second kappa shape index (κ2) is 7.94. The van der Waals surface area contributed by atoms with Gasteiger partial charge in [-0.05, 0) is 54.5 Å². The average molecular weight is 443 g/mol. The molecule has 4 nitrogen and oxygen atoms in total. The topological polar surface area (TPSA) is 52.6 Å². The van der Waals surface area contributed by atoms with Crippen LogP contribution in [0.2, 0.25) is 10.0 Å². The molecule has 0 unspecified atom stereocenters. The molecule has 0 bridgehead atoms. The van der Waals surface area contributed by atoms with Gasteiger partial charge in [0.25, 0.3) is 0 Å². The highest BCUT2D eigenvalue weighted by Gasteiger charge is 2.30. The SMILES string of the molecule is Cc1cc(OC(=O)c2ccccc2F)cc2c1C(=O)/C(=C/c1ccc(Cl)cc1Cl)O2. The summed E-state index contributed by atoms with van der Waals surface area (Å²) < 4.78 is 24.8. The first-order chi connectivity index (χ1) is 14.3. The molecule has 3 aromatic carbocycles. The Bertz CT molecular complexity index is 1230. The summed E-state index contributed by atoms with van der Waals surface area (Å²) >= 11 is 12.1. The summed E-state index contributed by atoms with van der Waals surface area (Å²) in [6.45, 7) is 1.69. The number of carbonyl (C=O) groups excluding carboxylic acids is 2. The predicted molar refractivity (Wildman–Crippen MR) is 112 cm³/mol. The number of benzene rings is 3. The smallest absolute Gasteiger partial charge is 0.346 e. The van der Waals surface area contributed by atoms with Gasteiger partial charge in [0.1, 0.15) is 17.3 Å². The molecule has 7 heteroatoms. The molecule has 1 aliphatic rings. The van der Waals surface area contributed by atoms with Gasteiger partial charge in [0.15, 0.2) is 5.76 Å². The Morgan fingerprint density at radius 3 is 2.60 bits per heavy atom. The maximum Gasteiger partial charge on any atom is 0.346 e. The minimum absolute atomic E-state index is 0.0786. The first-order valence-electron chi connectivity index (χ1n) is 8.84. The Hall–Kier alpha value is -3.15. The maximum atomic E-state index is 13.8. The molecule has 1 heterocycles. The standard InChI is InChI=1S/C23H13Cl2FO4/c1-12-8-15(29-23(28)16-4-2-3-5-18(16)26)11-19-21(12)22(27)20(30-19)9-13-6-7-14(24)10-17(13)25/h2-11H,1H3/b20-9-. The minimum Gasteiger partial charge on any atom is -0.452 e. The van der Waals surface area contributed by atoms with E-state index in [9.17, 15) is 14.0 Å². The van der Waals surface area contributed by atoms with E-state index >= 15 is 0 Å². The van der Waals surface area contributed by atoms with Gasteiger partial charge in [-0.25, -0.2) is 9.18 Å². The Labute approximate surface area is 181 Å². The number of ketones is 1. The van der Waals surface area contributed by atoms with Gasteiger partial charge in [-0.15, -0.1) is 0 Å². The molecule has 0 aliphatic carbocycles. The van der Waals surface area contributed by atoms with Gasteiger partial charge >= 0.3 is 5.97 Å². The average Bonchev–Trinajstić information content (AvgIpc) is 3.00. The molecule has 0 fully saturated rings. The van der Waals surface area contributed by atoms with Gasteiger partial charge in [-0.1, -0.05) is 41.4 Å². The lowest BCUT2D eigenvalue weighted by molar-refractivity contribution is 0.0729. The summed E-state index contributed by atoms with van der Waals surface area (Å²) in [6, 6.07) is 13.3. The van der Waals surface area contributed by atoms with E-state index in [1.165, 1.54) is 42.5 Å². The summed E-state index contributed by atoms with van der Waals surface area (Å²) in [6.07, 6.45) is 1.52. The summed E-state index contributed by atoms with van der Waals surface area (Å²) in [5.41, 5.74) is 1.29. The van der Waals surface area contributed by atoms with E-state index in [0.29, 0.717) is 26.7 Å². The lowest BCUT2D eigenvalue weighted by Crippen LogP contribution is -2.10. The highest BCUT2D eigenvalue weighted by molar-refractivity contribution is 6.35. The second-order valence-corrected chi connectivity index (χ2v) is 7.43. The van der Waals surface area contributed by atoms with Gasteiger partial charge in [-0.3, -0.25) is 4.79 Å². The number of carbonyl (C=O) groups is 2. The molecule has 0 saturated heterocycles. The predicted octanol–water partition coefficient (Wildman–Crippen LogP) is 6.28. The van der Waals surface area contributed by atoms with Crippen LogP contribution in [0.5, 0.6) is 11.5 Å². The van der Waals surface area contributed by atoms with Crippen LogP contribution >= 0.6 is 23.2 Å². The van der Waals surface area contributed by atoms with Crippen molar-refractivity contribution >= 4 is 41.0 Å². The number of aryl methyl sites for hydroxylation is 1. The zero-order chi connectivity index (χ0) is 21.4. The molecular formula is C23H13Cl2FO4. The van der Waals surface area contributed by atoms with Crippen molar-refractivity contribution in [3.05, 3.63) is 98.5 Å². The fourth-order valence-electron chi connectivity index (χ4n) is 3.08. The van der Waals surface area contributed by atoms with E-state index in [2.05, 4.69) is 0 Å². The van der Waals surface area contributed by atoms with Crippen LogP contribution < -0.4 is 9.47 Å². The van der Waals surface area contributed by atoms with Crippen LogP contribution in [0.15, 0.2) is 60.4 Å². The number of fused-ring (bicyclic) bond motifs is 1. The van der Waals surface area contributed by atoms with E-state index < -0.39 is 11.8 Å². The van der Waals surface area contributed by atoms with Crippen molar-refractivity contribution < 1.29 is 23.5 Å². The van der Waals surface area contributed by atoms with Gasteiger partial charge in [0.2, 0.25) is 5.78 Å². The molecule has 150 valence electrons. The maximum absolute atomic E-state index is 13.8. The summed E-state index contributed by atoms with van der Waals surface area (Å²) in [5.74, 6) is -1.39. The van der Waals surface area contributed by atoms with Gasteiger partial charge < -0.3 is 9.47 Å². The molecule has 0 atom stereocenters. The van der Waals surface area contributed by atoms with Crippen molar-refractivity contribution in [2.24, 2.45) is 0 Å². The summed E-state index contributed by atoms with van der Waals surface area (Å²) in [5, 5.41) is 0.847. The number of Topliss-reactive ketones (excluding diaryl/α,β-unsaturated/α-hetero) is 1. The molecule has 0 spiro atoms. The fraction of sp³-hybridized carbons (Fsp3) is 0.0435. The monoisotopic (exact) mass is 442 g/mol. The Morgan fingerprint density at radius 1 is 1.10 bits per heavy atom. The lowest BCUT2D eigenvalue weighted by Gasteiger charge is -2.08. The molecule has 0 N–H and O–H groups in total. The van der Waals surface area contributed by atoms with Crippen LogP contribution in [0.3, 0.4) is 0 Å². The second-order valence-electron chi connectivity index (χ2n) is 6.59. The van der Waals surface area contributed by atoms with Crippen molar-refractivity contribution in [2.75, 3.05) is 0 Å². The van der Waals surface area contributed by atoms with Crippen molar-refractivity contribution in [3.63, 3.8) is 0 Å². The third kappa shape index (κ3) is 3.82. The fourth-order valence-corrected chi connectivity index (χ4v) is 3.55. The van der Waals surface area contributed by atoms with Crippen molar-refractivity contribution in [2.45, 2.75) is 6.92 Å². The van der Waals surface area contributed by atoms with Crippen LogP contribution in [0.25, 0.3) is 6.08 Å². The molecule has 4 rings (SSSR count). The van der Waals surface area contributed by atoms with Crippen LogP contribution in [0.4, 0.5) is 4.39 Å². The Balaban J connectivity index is 1.63. The number of halogens is 3. The highest BCUT2D eigenvalue weighted by Crippen LogP contribution is 2.38. The number of esters is 1. The van der Waals surface area contributed by atoms with Crippen molar-refractivity contribution in [1.82, 2.24) is 0 Å². The third-order valence-electron chi connectivity index (χ3n) is 4.50. The van der Waals surface area contributed by atoms with Gasteiger partial charge in [0.05, 0.1) is 11.1 Å². The van der Waals surface area contributed by atoms with Gasteiger partial charge in [0, 0.05) is 16.1 Å². The molecule has 30 heavy (non-hydrogen) atoms. The Kier molecular flexibility index (Phi) is 5.33. The van der Waals surface area contributed by atoms with E-state index in [-0.39, 0.29) is 28.6 Å². The first kappa shape index (κ1) is 20.1. The normalized spacial score (nSPS) is 13.9. The first-order valence-corrected chi connectivity index (χ1v) is 9.60. The van der Waals surface area contributed by atoms with Crippen LogP contribution in [0, 0.1) is 12.7 Å². The number of allylic oxidation sites excluding steroid dienone is 1. The summed E-state index contributed by atoms with van der Waals surface area (Å²) in [7, 11) is 0. The quantitative estimate of drug-likeness (QED) is 0.272. The minimum atomic E-state index is -0.847. The van der Waals surface area contributed by atoms with E-state index in [0.717, 1.165) is 0 Å². The molecule has 0 aromatic heterocycles. The summed E-state index contributed by atoms with van der Waals surface area (Å²) in [4.78, 5) is 25.1. The van der Waals surface area contributed by atoms with Crippen molar-refractivity contribution in [3.8, 4) is 11.5 Å². The Morgan fingerprint density at radius 2 is 1.87 bits per heavy atom. The highest BCUT2D eigenvalue weighted by atomic mass is 35.5. The molecule has 0 amide bonds. The molecule has 0 saturated carbocycles. The zero-order valence-electron chi connectivity index (χ0n) is 15.5. The van der Waals surface area contributed by atoms with Gasteiger partial charge in [-0.2, -0.15) is 0 Å².